The van der Waals surface area contributed by atoms with Crippen molar-refractivity contribution in [2.24, 2.45) is 17.8 Å². The molecule has 2 amide bonds. The van der Waals surface area contributed by atoms with Crippen molar-refractivity contribution >= 4 is 35.1 Å². The van der Waals surface area contributed by atoms with Gasteiger partial charge >= 0.3 is 5.97 Å². The standard InChI is InChI=1S/C46H68N2O8/c1-10-12-14-17-37(29-38(49)18-15-19-39(50)36-26-24-35(25-27-36)34-22-20-33(21-23-34)16-13-11-2)44(53)48-42(32(6)56-46(7,8)9)40(51)28-31(5)43(52)47-41(30(3)4)45(54)55/h20-27,30-32,37,41-42H,10-19,28-29H2,1-9H3,(H,47,52)(H,48,53)(H,54,55)/t31-,32-,37-,41+,42+/m1/s1. The van der Waals surface area contributed by atoms with Crippen LogP contribution in [0.3, 0.4) is 0 Å². The second kappa shape index (κ2) is 23.8. The first-order valence-corrected chi connectivity index (χ1v) is 20.6. The summed E-state index contributed by atoms with van der Waals surface area (Å²) in [6.45, 7) is 16.3. The monoisotopic (exact) mass is 776 g/mol. The molecule has 3 N–H and O–H groups in total. The molecular weight excluding hydrogens is 709 g/mol. The van der Waals surface area contributed by atoms with E-state index in [1.165, 1.54) is 5.56 Å². The maximum absolute atomic E-state index is 13.9. The molecule has 10 nitrogen and oxygen atoms in total. The number of ether oxygens (including phenoxy) is 1. The van der Waals surface area contributed by atoms with Gasteiger partial charge in [0, 0.05) is 43.1 Å². The summed E-state index contributed by atoms with van der Waals surface area (Å²) >= 11 is 0. The van der Waals surface area contributed by atoms with Gasteiger partial charge in [-0.25, -0.2) is 4.79 Å². The lowest BCUT2D eigenvalue weighted by Crippen LogP contribution is -2.53. The van der Waals surface area contributed by atoms with E-state index in [1.54, 1.807) is 27.7 Å². The van der Waals surface area contributed by atoms with E-state index in [4.69, 9.17) is 4.74 Å². The molecule has 5 atom stereocenters. The fourth-order valence-corrected chi connectivity index (χ4v) is 6.71. The van der Waals surface area contributed by atoms with E-state index in [1.807, 2.05) is 52.0 Å². The molecule has 2 rings (SSSR count). The highest BCUT2D eigenvalue weighted by molar-refractivity contribution is 5.97. The van der Waals surface area contributed by atoms with Gasteiger partial charge in [0.25, 0.3) is 0 Å². The van der Waals surface area contributed by atoms with Crippen molar-refractivity contribution < 1.29 is 38.6 Å². The van der Waals surface area contributed by atoms with Crippen LogP contribution in [0.4, 0.5) is 0 Å². The molecule has 0 saturated carbocycles. The van der Waals surface area contributed by atoms with Gasteiger partial charge < -0.3 is 20.5 Å². The minimum atomic E-state index is -1.16. The van der Waals surface area contributed by atoms with Crippen LogP contribution in [0, 0.1) is 17.8 Å². The summed E-state index contributed by atoms with van der Waals surface area (Å²) < 4.78 is 6.09. The molecule has 0 fully saturated rings. The summed E-state index contributed by atoms with van der Waals surface area (Å²) in [5.41, 5.74) is 3.38. The van der Waals surface area contributed by atoms with Gasteiger partial charge in [-0.1, -0.05) is 109 Å². The van der Waals surface area contributed by atoms with Gasteiger partial charge in [0.15, 0.2) is 11.6 Å². The normalized spacial score (nSPS) is 14.3. The summed E-state index contributed by atoms with van der Waals surface area (Å²) in [6.07, 6.45) is 6.06. The molecule has 0 saturated heterocycles. The Morgan fingerprint density at radius 3 is 1.80 bits per heavy atom. The van der Waals surface area contributed by atoms with Gasteiger partial charge in [-0.05, 0) is 76.0 Å². The van der Waals surface area contributed by atoms with Gasteiger partial charge in [-0.15, -0.1) is 0 Å². The summed E-state index contributed by atoms with van der Waals surface area (Å²) in [5.74, 6) is -4.68. The van der Waals surface area contributed by atoms with Gasteiger partial charge in [-0.2, -0.15) is 0 Å². The molecule has 310 valence electrons. The number of rotatable bonds is 26. The van der Waals surface area contributed by atoms with Crippen molar-refractivity contribution in [1.29, 1.82) is 0 Å². The Morgan fingerprint density at radius 1 is 0.696 bits per heavy atom. The molecule has 0 aliphatic rings. The first-order chi connectivity index (χ1) is 26.4. The maximum Gasteiger partial charge on any atom is 0.326 e. The van der Waals surface area contributed by atoms with E-state index in [0.717, 1.165) is 49.7 Å². The zero-order valence-corrected chi connectivity index (χ0v) is 35.4. The average Bonchev–Trinajstić information content (AvgIpc) is 3.13. The van der Waals surface area contributed by atoms with E-state index in [0.29, 0.717) is 18.4 Å². The van der Waals surface area contributed by atoms with Crippen LogP contribution in [-0.2, 0) is 35.1 Å². The smallest absolute Gasteiger partial charge is 0.326 e. The van der Waals surface area contributed by atoms with Crippen molar-refractivity contribution in [3.8, 4) is 11.1 Å². The fourth-order valence-electron chi connectivity index (χ4n) is 6.71. The first kappa shape index (κ1) is 48.0. The topological polar surface area (TPSA) is 156 Å². The van der Waals surface area contributed by atoms with E-state index < -0.39 is 59.2 Å². The molecule has 0 aromatic heterocycles. The number of nitrogens with one attached hydrogen (secondary N) is 2. The lowest BCUT2D eigenvalue weighted by molar-refractivity contribution is -0.144. The molecule has 2 aromatic carbocycles. The highest BCUT2D eigenvalue weighted by atomic mass is 16.5. The molecule has 0 unspecified atom stereocenters. The molecule has 56 heavy (non-hydrogen) atoms. The number of carboxylic acid groups (broad SMARTS) is 1. The van der Waals surface area contributed by atoms with Crippen LogP contribution in [0.25, 0.3) is 11.1 Å². The Kier molecular flexibility index (Phi) is 20.4. The number of carbonyl (C=O) groups is 6. The lowest BCUT2D eigenvalue weighted by Gasteiger charge is -2.32. The van der Waals surface area contributed by atoms with Crippen LogP contribution in [-0.4, -0.2) is 64.0 Å². The number of carboxylic acids is 1. The van der Waals surface area contributed by atoms with Gasteiger partial charge in [0.05, 0.1) is 11.7 Å². The Bertz CT molecular complexity index is 1580. The largest absolute Gasteiger partial charge is 0.480 e. The molecule has 2 aromatic rings. The van der Waals surface area contributed by atoms with Crippen LogP contribution in [0.2, 0.25) is 0 Å². The summed E-state index contributed by atoms with van der Waals surface area (Å²) in [5, 5.41) is 14.9. The summed E-state index contributed by atoms with van der Waals surface area (Å²) in [7, 11) is 0. The van der Waals surface area contributed by atoms with Gasteiger partial charge in [0.2, 0.25) is 11.8 Å². The van der Waals surface area contributed by atoms with Crippen LogP contribution in [0.5, 0.6) is 0 Å². The Hall–Kier alpha value is -4.18. The highest BCUT2D eigenvalue weighted by Gasteiger charge is 2.35. The molecule has 10 heteroatoms. The third-order valence-corrected chi connectivity index (χ3v) is 10.0. The molecule has 0 radical (unpaired) electrons. The molecule has 0 spiro atoms. The first-order valence-electron chi connectivity index (χ1n) is 20.6. The third kappa shape index (κ3) is 16.9. The van der Waals surface area contributed by atoms with Crippen molar-refractivity contribution in [3.63, 3.8) is 0 Å². The number of benzene rings is 2. The molecule has 0 aliphatic heterocycles. The number of Topliss-reactive ketones (excluding diaryl/α,β-unsaturated/α-hetero) is 3. The molecule has 0 bridgehead atoms. The van der Waals surface area contributed by atoms with Crippen molar-refractivity contribution in [1.82, 2.24) is 10.6 Å². The zero-order chi connectivity index (χ0) is 42.0. The minimum Gasteiger partial charge on any atom is -0.480 e. The van der Waals surface area contributed by atoms with E-state index >= 15 is 0 Å². The zero-order valence-electron chi connectivity index (χ0n) is 35.4. The maximum atomic E-state index is 13.9. The lowest BCUT2D eigenvalue weighted by atomic mass is 9.91. The van der Waals surface area contributed by atoms with Crippen molar-refractivity contribution in [2.45, 2.75) is 163 Å². The van der Waals surface area contributed by atoms with Gasteiger partial charge in [0.1, 0.15) is 17.9 Å². The predicted molar refractivity (Wildman–Crippen MR) is 221 cm³/mol. The number of aryl methyl sites for hydroxylation is 1. The number of carbonyl (C=O) groups excluding carboxylic acids is 5. The Balaban J connectivity index is 2.08. The number of hydrogen-bond acceptors (Lipinski definition) is 7. The third-order valence-electron chi connectivity index (χ3n) is 10.0. The summed E-state index contributed by atoms with van der Waals surface area (Å²) in [4.78, 5) is 78.5. The quantitative estimate of drug-likeness (QED) is 0.0633. The predicted octanol–water partition coefficient (Wildman–Crippen LogP) is 8.71. The number of aliphatic carboxylic acids is 1. The van der Waals surface area contributed by atoms with E-state index in [2.05, 4.69) is 41.8 Å². The average molecular weight is 777 g/mol. The summed E-state index contributed by atoms with van der Waals surface area (Å²) in [6, 6.07) is 13.9. The second-order valence-corrected chi connectivity index (χ2v) is 16.7. The van der Waals surface area contributed by atoms with Crippen LogP contribution >= 0.6 is 0 Å². The van der Waals surface area contributed by atoms with Crippen LogP contribution in [0.15, 0.2) is 48.5 Å². The number of hydrogen-bond donors (Lipinski definition) is 3. The molecule has 0 aliphatic carbocycles. The minimum absolute atomic E-state index is 0.0182. The van der Waals surface area contributed by atoms with Crippen molar-refractivity contribution in [3.05, 3.63) is 59.7 Å². The number of ketones is 3. The van der Waals surface area contributed by atoms with Gasteiger partial charge in [-0.3, -0.25) is 24.0 Å². The second-order valence-electron chi connectivity index (χ2n) is 16.7. The Labute approximate surface area is 335 Å². The van der Waals surface area contributed by atoms with Crippen LogP contribution in [0.1, 0.15) is 149 Å². The molecular formula is C46H68N2O8. The number of unbranched alkanes of at least 4 members (excludes halogenated alkanes) is 3. The molecule has 0 heterocycles. The highest BCUT2D eigenvalue weighted by Crippen LogP contribution is 2.23. The number of amides is 2. The van der Waals surface area contributed by atoms with E-state index in [-0.39, 0.29) is 43.2 Å². The van der Waals surface area contributed by atoms with Crippen LogP contribution < -0.4 is 10.6 Å². The SMILES string of the molecule is CCCCC[C@H](CC(=O)CCCC(=O)c1ccc(-c2ccc(CCCC)cc2)cc1)C(=O)N[C@H](C(=O)C[C@@H](C)C(=O)N[C@H](C(=O)O)C(C)C)[C@@H](C)OC(C)(C)C. The van der Waals surface area contributed by atoms with Crippen molar-refractivity contribution in [2.75, 3.05) is 0 Å². The van der Waals surface area contributed by atoms with E-state index in [9.17, 15) is 33.9 Å². The fraction of sp³-hybridized carbons (Fsp3) is 0.609. The Morgan fingerprint density at radius 2 is 1.27 bits per heavy atom.